The Morgan fingerprint density at radius 2 is 1.60 bits per heavy atom. The van der Waals surface area contributed by atoms with Crippen LogP contribution in [0.2, 0.25) is 0 Å². The Morgan fingerprint density at radius 1 is 0.933 bits per heavy atom. The quantitative estimate of drug-likeness (QED) is 0.568. The number of benzene rings is 1. The summed E-state index contributed by atoms with van der Waals surface area (Å²) in [5.74, 6) is -0.0499. The van der Waals surface area contributed by atoms with Crippen molar-refractivity contribution < 1.29 is 4.39 Å². The van der Waals surface area contributed by atoms with Crippen LogP contribution in [-0.2, 0) is 6.42 Å². The zero-order valence-electron chi connectivity index (χ0n) is 9.64. The minimum absolute atomic E-state index is 0.0499. The van der Waals surface area contributed by atoms with Gasteiger partial charge < -0.3 is 0 Å². The highest BCUT2D eigenvalue weighted by Crippen LogP contribution is 2.12. The van der Waals surface area contributed by atoms with E-state index in [9.17, 15) is 4.39 Å². The molecule has 0 spiro atoms. The normalized spacial score (nSPS) is 10.5. The van der Waals surface area contributed by atoms with E-state index in [1.807, 2.05) is 12.1 Å². The summed E-state index contributed by atoms with van der Waals surface area (Å²) in [7, 11) is 0. The molecule has 0 atom stereocenters. The van der Waals surface area contributed by atoms with E-state index >= 15 is 0 Å². The molecule has 0 N–H and O–H groups in total. The van der Waals surface area contributed by atoms with Gasteiger partial charge in [-0.3, -0.25) is 0 Å². The molecule has 0 saturated heterocycles. The van der Waals surface area contributed by atoms with Gasteiger partial charge >= 0.3 is 0 Å². The molecule has 0 aliphatic heterocycles. The van der Waals surface area contributed by atoms with Crippen molar-refractivity contribution in [2.24, 2.45) is 0 Å². The molecule has 15 heavy (non-hydrogen) atoms. The van der Waals surface area contributed by atoms with E-state index in [-0.39, 0.29) is 5.82 Å². The summed E-state index contributed by atoms with van der Waals surface area (Å²) < 4.78 is 13.2. The Kier molecular flexibility index (Phi) is 6.06. The molecule has 0 heterocycles. The average Bonchev–Trinajstić information content (AvgIpc) is 2.25. The summed E-state index contributed by atoms with van der Waals surface area (Å²) in [6.45, 7) is 2.22. The lowest BCUT2D eigenvalue weighted by Gasteiger charge is -2.02. The standard InChI is InChI=1S/C14H21F/c1-2-3-4-5-6-7-10-13-11-8-9-12-14(13)15/h8-9,11-12H,2-7,10H2,1H3. The van der Waals surface area contributed by atoms with Crippen LogP contribution in [0, 0.1) is 5.82 Å². The molecule has 0 bridgehead atoms. The summed E-state index contributed by atoms with van der Waals surface area (Å²) >= 11 is 0. The maximum Gasteiger partial charge on any atom is 0.126 e. The SMILES string of the molecule is CCCCCCCCc1ccccc1F. The Bertz CT molecular complexity index is 268. The molecule has 84 valence electrons. The van der Waals surface area contributed by atoms with Crippen molar-refractivity contribution in [2.45, 2.75) is 51.9 Å². The molecule has 0 aliphatic carbocycles. The maximum absolute atomic E-state index is 13.2. The summed E-state index contributed by atoms with van der Waals surface area (Å²) in [4.78, 5) is 0. The first kappa shape index (κ1) is 12.2. The third-order valence-electron chi connectivity index (χ3n) is 2.76. The van der Waals surface area contributed by atoms with Gasteiger partial charge in [-0.25, -0.2) is 4.39 Å². The number of unbranched alkanes of at least 4 members (excludes halogenated alkanes) is 5. The molecule has 0 fully saturated rings. The first-order valence-electron chi connectivity index (χ1n) is 6.08. The van der Waals surface area contributed by atoms with Crippen molar-refractivity contribution in [3.05, 3.63) is 35.6 Å². The lowest BCUT2D eigenvalue weighted by atomic mass is 10.0. The lowest BCUT2D eigenvalue weighted by Crippen LogP contribution is -1.90. The molecule has 1 heteroatoms. The van der Waals surface area contributed by atoms with Gasteiger partial charge in [0.15, 0.2) is 0 Å². The highest BCUT2D eigenvalue weighted by molar-refractivity contribution is 5.17. The Hall–Kier alpha value is -0.850. The van der Waals surface area contributed by atoms with E-state index in [0.29, 0.717) is 0 Å². The molecule has 0 radical (unpaired) electrons. The van der Waals surface area contributed by atoms with Gasteiger partial charge in [-0.2, -0.15) is 0 Å². The fraction of sp³-hybridized carbons (Fsp3) is 0.571. The van der Waals surface area contributed by atoms with Crippen LogP contribution in [0.25, 0.3) is 0 Å². The van der Waals surface area contributed by atoms with E-state index < -0.39 is 0 Å². The average molecular weight is 208 g/mol. The largest absolute Gasteiger partial charge is 0.207 e. The maximum atomic E-state index is 13.2. The van der Waals surface area contributed by atoms with Crippen molar-refractivity contribution in [3.8, 4) is 0 Å². The zero-order valence-corrected chi connectivity index (χ0v) is 9.64. The predicted octanol–water partition coefficient (Wildman–Crippen LogP) is 4.73. The van der Waals surface area contributed by atoms with Crippen molar-refractivity contribution in [2.75, 3.05) is 0 Å². The number of halogens is 1. The van der Waals surface area contributed by atoms with E-state index in [0.717, 1.165) is 18.4 Å². The van der Waals surface area contributed by atoms with Crippen LogP contribution < -0.4 is 0 Å². The second kappa shape index (κ2) is 7.44. The predicted molar refractivity (Wildman–Crippen MR) is 63.5 cm³/mol. The molecule has 0 nitrogen and oxygen atoms in total. The molecule has 0 amide bonds. The summed E-state index contributed by atoms with van der Waals surface area (Å²) in [6, 6.07) is 7.10. The van der Waals surface area contributed by atoms with Crippen molar-refractivity contribution in [3.63, 3.8) is 0 Å². The third-order valence-corrected chi connectivity index (χ3v) is 2.76. The second-order valence-electron chi connectivity index (χ2n) is 4.11. The lowest BCUT2D eigenvalue weighted by molar-refractivity contribution is 0.580. The molecule has 1 aromatic carbocycles. The summed E-state index contributed by atoms with van der Waals surface area (Å²) in [6.07, 6.45) is 8.47. The highest BCUT2D eigenvalue weighted by atomic mass is 19.1. The Balaban J connectivity index is 2.12. The molecular formula is C14H21F. The van der Waals surface area contributed by atoms with E-state index in [1.54, 1.807) is 12.1 Å². The van der Waals surface area contributed by atoms with Crippen LogP contribution in [0.15, 0.2) is 24.3 Å². The smallest absolute Gasteiger partial charge is 0.126 e. The summed E-state index contributed by atoms with van der Waals surface area (Å²) in [5.41, 5.74) is 0.869. The van der Waals surface area contributed by atoms with Crippen molar-refractivity contribution >= 4 is 0 Å². The molecule has 0 aliphatic rings. The van der Waals surface area contributed by atoms with Gasteiger partial charge in [0.05, 0.1) is 0 Å². The van der Waals surface area contributed by atoms with Gasteiger partial charge in [0.25, 0.3) is 0 Å². The fourth-order valence-electron chi connectivity index (χ4n) is 1.80. The van der Waals surface area contributed by atoms with Crippen LogP contribution in [0.1, 0.15) is 51.0 Å². The highest BCUT2D eigenvalue weighted by Gasteiger charge is 1.99. The molecule has 0 saturated carbocycles. The van der Waals surface area contributed by atoms with E-state index in [1.165, 1.54) is 32.1 Å². The number of hydrogen-bond acceptors (Lipinski definition) is 0. The van der Waals surface area contributed by atoms with Gasteiger partial charge in [0.2, 0.25) is 0 Å². The number of rotatable bonds is 7. The molecular weight excluding hydrogens is 187 g/mol. The summed E-state index contributed by atoms with van der Waals surface area (Å²) in [5, 5.41) is 0. The minimum Gasteiger partial charge on any atom is -0.207 e. The van der Waals surface area contributed by atoms with Gasteiger partial charge in [-0.15, -0.1) is 0 Å². The van der Waals surface area contributed by atoms with Gasteiger partial charge in [0, 0.05) is 0 Å². The van der Waals surface area contributed by atoms with Gasteiger partial charge in [0.1, 0.15) is 5.82 Å². The first-order valence-corrected chi connectivity index (χ1v) is 6.08. The second-order valence-corrected chi connectivity index (χ2v) is 4.11. The van der Waals surface area contributed by atoms with E-state index in [2.05, 4.69) is 6.92 Å². The van der Waals surface area contributed by atoms with Crippen LogP contribution >= 0.6 is 0 Å². The molecule has 0 aromatic heterocycles. The van der Waals surface area contributed by atoms with Gasteiger partial charge in [-0.1, -0.05) is 57.2 Å². The Morgan fingerprint density at radius 3 is 2.33 bits per heavy atom. The number of hydrogen-bond donors (Lipinski definition) is 0. The van der Waals surface area contributed by atoms with Crippen LogP contribution in [0.4, 0.5) is 4.39 Å². The van der Waals surface area contributed by atoms with Crippen molar-refractivity contribution in [1.82, 2.24) is 0 Å². The molecule has 0 unspecified atom stereocenters. The topological polar surface area (TPSA) is 0 Å². The van der Waals surface area contributed by atoms with Gasteiger partial charge in [-0.05, 0) is 24.5 Å². The molecule has 1 rings (SSSR count). The van der Waals surface area contributed by atoms with Crippen LogP contribution in [0.5, 0.6) is 0 Å². The Labute approximate surface area is 92.5 Å². The zero-order chi connectivity index (χ0) is 10.9. The fourth-order valence-corrected chi connectivity index (χ4v) is 1.80. The van der Waals surface area contributed by atoms with E-state index in [4.69, 9.17) is 0 Å². The minimum atomic E-state index is -0.0499. The monoisotopic (exact) mass is 208 g/mol. The first-order chi connectivity index (χ1) is 7.34. The third kappa shape index (κ3) is 4.96. The molecule has 1 aromatic rings. The number of aryl methyl sites for hydroxylation is 1. The van der Waals surface area contributed by atoms with Crippen LogP contribution in [0.3, 0.4) is 0 Å². The van der Waals surface area contributed by atoms with Crippen LogP contribution in [-0.4, -0.2) is 0 Å². The van der Waals surface area contributed by atoms with Crippen molar-refractivity contribution in [1.29, 1.82) is 0 Å².